The van der Waals surface area contributed by atoms with E-state index in [2.05, 4.69) is 4.72 Å². The smallest absolute Gasteiger partial charge is 0.244 e. The van der Waals surface area contributed by atoms with Gasteiger partial charge in [0.15, 0.2) is 0 Å². The highest BCUT2D eigenvalue weighted by molar-refractivity contribution is 7.89. The molecule has 1 unspecified atom stereocenters. The fourth-order valence-electron chi connectivity index (χ4n) is 2.29. The molecule has 0 spiro atoms. The van der Waals surface area contributed by atoms with Gasteiger partial charge in [-0.15, -0.1) is 0 Å². The van der Waals surface area contributed by atoms with Crippen LogP contribution in [0.1, 0.15) is 27.2 Å². The van der Waals surface area contributed by atoms with Gasteiger partial charge in [-0.2, -0.15) is 0 Å². The van der Waals surface area contributed by atoms with Crippen LogP contribution >= 0.6 is 0 Å². The standard InChI is InChI=1S/C14H24N2O3S/c1-11(2)9-14(3,10-15)16-20(17,18)13-8-6-5-7-12(13)19-4/h5-8,11,16H,9-10,15H2,1-4H3. The van der Waals surface area contributed by atoms with Crippen LogP contribution in [0, 0.1) is 5.92 Å². The molecule has 1 atom stereocenters. The molecule has 0 amide bonds. The van der Waals surface area contributed by atoms with Gasteiger partial charge in [0.05, 0.1) is 7.11 Å². The quantitative estimate of drug-likeness (QED) is 0.803. The lowest BCUT2D eigenvalue weighted by molar-refractivity contribution is 0.343. The average molecular weight is 300 g/mol. The van der Waals surface area contributed by atoms with Crippen LogP contribution in [0.15, 0.2) is 29.2 Å². The van der Waals surface area contributed by atoms with E-state index in [1.54, 1.807) is 18.2 Å². The van der Waals surface area contributed by atoms with E-state index in [0.717, 1.165) is 0 Å². The topological polar surface area (TPSA) is 81.4 Å². The molecule has 0 aliphatic carbocycles. The molecule has 6 heteroatoms. The van der Waals surface area contributed by atoms with E-state index in [-0.39, 0.29) is 11.4 Å². The van der Waals surface area contributed by atoms with E-state index in [1.807, 2.05) is 20.8 Å². The highest BCUT2D eigenvalue weighted by atomic mass is 32.2. The molecular formula is C14H24N2O3S. The number of hydrogen-bond acceptors (Lipinski definition) is 4. The molecule has 5 nitrogen and oxygen atoms in total. The number of ether oxygens (including phenoxy) is 1. The molecule has 0 heterocycles. The highest BCUT2D eigenvalue weighted by Gasteiger charge is 2.31. The Bertz CT molecular complexity index is 543. The molecule has 20 heavy (non-hydrogen) atoms. The first-order valence-corrected chi connectivity index (χ1v) is 8.09. The second kappa shape index (κ2) is 6.56. The van der Waals surface area contributed by atoms with Crippen LogP contribution in [-0.4, -0.2) is 27.6 Å². The summed E-state index contributed by atoms with van der Waals surface area (Å²) in [7, 11) is -2.22. The third-order valence-corrected chi connectivity index (χ3v) is 4.73. The fourth-order valence-corrected chi connectivity index (χ4v) is 3.89. The van der Waals surface area contributed by atoms with Gasteiger partial charge in [0.25, 0.3) is 0 Å². The minimum Gasteiger partial charge on any atom is -0.495 e. The highest BCUT2D eigenvalue weighted by Crippen LogP contribution is 2.25. The Morgan fingerprint density at radius 1 is 1.35 bits per heavy atom. The number of hydrogen-bond donors (Lipinski definition) is 2. The summed E-state index contributed by atoms with van der Waals surface area (Å²) in [4.78, 5) is 0.130. The van der Waals surface area contributed by atoms with Crippen LogP contribution in [0.5, 0.6) is 5.75 Å². The molecule has 0 saturated heterocycles. The summed E-state index contributed by atoms with van der Waals surface area (Å²) in [6, 6.07) is 6.54. The third kappa shape index (κ3) is 4.19. The summed E-state index contributed by atoms with van der Waals surface area (Å²) in [6.07, 6.45) is 0.665. The van der Waals surface area contributed by atoms with Gasteiger partial charge in [-0.05, 0) is 31.4 Å². The lowest BCUT2D eigenvalue weighted by Crippen LogP contribution is -2.52. The van der Waals surface area contributed by atoms with Gasteiger partial charge in [-0.25, -0.2) is 13.1 Å². The molecule has 0 saturated carbocycles. The van der Waals surface area contributed by atoms with Crippen LogP contribution in [0.4, 0.5) is 0 Å². The van der Waals surface area contributed by atoms with Crippen molar-refractivity contribution < 1.29 is 13.2 Å². The molecule has 114 valence electrons. The van der Waals surface area contributed by atoms with Gasteiger partial charge in [-0.3, -0.25) is 0 Å². The second-order valence-electron chi connectivity index (χ2n) is 5.62. The molecule has 1 aromatic carbocycles. The van der Waals surface area contributed by atoms with Crippen molar-refractivity contribution >= 4 is 10.0 Å². The predicted molar refractivity (Wildman–Crippen MR) is 80.2 cm³/mol. The Kier molecular flexibility index (Phi) is 5.56. The molecule has 1 aromatic rings. The molecule has 0 fully saturated rings. The van der Waals surface area contributed by atoms with E-state index < -0.39 is 15.6 Å². The molecule has 0 aromatic heterocycles. The summed E-state index contributed by atoms with van der Waals surface area (Å²) in [5.41, 5.74) is 5.08. The lowest BCUT2D eigenvalue weighted by Gasteiger charge is -2.31. The summed E-state index contributed by atoms with van der Waals surface area (Å²) < 4.78 is 32.9. The Morgan fingerprint density at radius 3 is 2.45 bits per heavy atom. The Labute approximate surface area is 121 Å². The molecule has 0 radical (unpaired) electrons. The predicted octanol–water partition coefficient (Wildman–Crippen LogP) is 1.74. The van der Waals surface area contributed by atoms with Crippen molar-refractivity contribution in [2.75, 3.05) is 13.7 Å². The molecule has 0 aliphatic rings. The van der Waals surface area contributed by atoms with Crippen molar-refractivity contribution in [3.8, 4) is 5.75 Å². The van der Waals surface area contributed by atoms with Crippen molar-refractivity contribution in [3.05, 3.63) is 24.3 Å². The zero-order chi connectivity index (χ0) is 15.4. The first-order chi connectivity index (χ1) is 9.24. The van der Waals surface area contributed by atoms with Crippen LogP contribution in [0.25, 0.3) is 0 Å². The van der Waals surface area contributed by atoms with Crippen molar-refractivity contribution in [2.45, 2.75) is 37.6 Å². The van der Waals surface area contributed by atoms with Crippen LogP contribution in [0.2, 0.25) is 0 Å². The zero-order valence-electron chi connectivity index (χ0n) is 12.5. The molecule has 1 rings (SSSR count). The number of nitrogens with two attached hydrogens (primary N) is 1. The minimum atomic E-state index is -3.67. The van der Waals surface area contributed by atoms with Crippen molar-refractivity contribution in [1.29, 1.82) is 0 Å². The van der Waals surface area contributed by atoms with Gasteiger partial charge in [-0.1, -0.05) is 26.0 Å². The van der Waals surface area contributed by atoms with E-state index in [1.165, 1.54) is 13.2 Å². The van der Waals surface area contributed by atoms with Crippen molar-refractivity contribution in [3.63, 3.8) is 0 Å². The van der Waals surface area contributed by atoms with Crippen LogP contribution in [0.3, 0.4) is 0 Å². The number of methoxy groups -OCH3 is 1. The third-order valence-electron chi connectivity index (χ3n) is 3.05. The minimum absolute atomic E-state index is 0.130. The normalized spacial score (nSPS) is 15.1. The van der Waals surface area contributed by atoms with E-state index in [0.29, 0.717) is 18.1 Å². The molecular weight excluding hydrogens is 276 g/mol. The van der Waals surface area contributed by atoms with E-state index >= 15 is 0 Å². The lowest BCUT2D eigenvalue weighted by atomic mass is 9.92. The Hall–Kier alpha value is -1.11. The summed E-state index contributed by atoms with van der Waals surface area (Å²) >= 11 is 0. The van der Waals surface area contributed by atoms with Gasteiger partial charge in [0.1, 0.15) is 10.6 Å². The number of nitrogens with one attached hydrogen (secondary N) is 1. The fraction of sp³-hybridized carbons (Fsp3) is 0.571. The molecule has 0 bridgehead atoms. The maximum Gasteiger partial charge on any atom is 0.244 e. The largest absolute Gasteiger partial charge is 0.495 e. The second-order valence-corrected chi connectivity index (χ2v) is 7.27. The van der Waals surface area contributed by atoms with E-state index in [4.69, 9.17) is 10.5 Å². The number of sulfonamides is 1. The summed E-state index contributed by atoms with van der Waals surface area (Å²) in [5, 5.41) is 0. The van der Waals surface area contributed by atoms with Crippen molar-refractivity contribution in [2.24, 2.45) is 11.7 Å². The molecule has 0 aliphatic heterocycles. The number of rotatable bonds is 7. The van der Waals surface area contributed by atoms with Gasteiger partial charge in [0, 0.05) is 12.1 Å². The van der Waals surface area contributed by atoms with Gasteiger partial charge < -0.3 is 10.5 Å². The Balaban J connectivity index is 3.11. The molecule has 3 N–H and O–H groups in total. The number of para-hydroxylation sites is 1. The zero-order valence-corrected chi connectivity index (χ0v) is 13.3. The van der Waals surface area contributed by atoms with Gasteiger partial charge >= 0.3 is 0 Å². The Morgan fingerprint density at radius 2 is 1.95 bits per heavy atom. The van der Waals surface area contributed by atoms with Crippen molar-refractivity contribution in [1.82, 2.24) is 4.72 Å². The van der Waals surface area contributed by atoms with E-state index in [9.17, 15) is 8.42 Å². The summed E-state index contributed by atoms with van der Waals surface area (Å²) in [6.45, 7) is 6.12. The average Bonchev–Trinajstić information content (AvgIpc) is 2.37. The first kappa shape index (κ1) is 16.9. The number of benzene rings is 1. The van der Waals surface area contributed by atoms with Gasteiger partial charge in [0.2, 0.25) is 10.0 Å². The van der Waals surface area contributed by atoms with Crippen LogP contribution < -0.4 is 15.2 Å². The van der Waals surface area contributed by atoms with Crippen LogP contribution in [-0.2, 0) is 10.0 Å². The first-order valence-electron chi connectivity index (χ1n) is 6.61. The maximum absolute atomic E-state index is 12.5. The monoisotopic (exact) mass is 300 g/mol. The maximum atomic E-state index is 12.5. The SMILES string of the molecule is COc1ccccc1S(=O)(=O)NC(C)(CN)CC(C)C. The summed E-state index contributed by atoms with van der Waals surface area (Å²) in [5.74, 6) is 0.660.